The van der Waals surface area contributed by atoms with Crippen molar-refractivity contribution in [1.29, 1.82) is 0 Å². The Hall–Kier alpha value is -2.54. The number of hydrogen-bond acceptors (Lipinski definition) is 4. The molecule has 2 aromatic carbocycles. The Morgan fingerprint density at radius 3 is 2.43 bits per heavy atom. The number of ether oxygens (including phenoxy) is 1. The lowest BCUT2D eigenvalue weighted by atomic mass is 10.0. The SMILES string of the molecule is COc1ccc(N(CC(=O)N2CCC[C@H](C)C2)S(=O)(=O)c2ccccc2)cc1. The molecule has 0 bridgehead atoms. The number of methoxy groups -OCH3 is 1. The van der Waals surface area contributed by atoms with Gasteiger partial charge in [-0.25, -0.2) is 8.42 Å². The summed E-state index contributed by atoms with van der Waals surface area (Å²) in [6.45, 7) is 3.23. The van der Waals surface area contributed by atoms with Crippen LogP contribution in [0, 0.1) is 5.92 Å². The molecule has 0 N–H and O–H groups in total. The number of benzene rings is 2. The zero-order chi connectivity index (χ0) is 20.1. The van der Waals surface area contributed by atoms with Crippen molar-refractivity contribution in [3.8, 4) is 5.75 Å². The molecule has 28 heavy (non-hydrogen) atoms. The van der Waals surface area contributed by atoms with Gasteiger partial charge in [0.1, 0.15) is 12.3 Å². The summed E-state index contributed by atoms with van der Waals surface area (Å²) in [6, 6.07) is 14.9. The minimum atomic E-state index is -3.88. The number of likely N-dealkylation sites (tertiary alicyclic amines) is 1. The monoisotopic (exact) mass is 402 g/mol. The van der Waals surface area contributed by atoms with E-state index in [9.17, 15) is 13.2 Å². The predicted octanol–water partition coefficient (Wildman–Crippen LogP) is 3.15. The fourth-order valence-electron chi connectivity index (χ4n) is 3.42. The molecule has 1 atom stereocenters. The highest BCUT2D eigenvalue weighted by molar-refractivity contribution is 7.92. The maximum absolute atomic E-state index is 13.3. The van der Waals surface area contributed by atoms with E-state index >= 15 is 0 Å². The minimum Gasteiger partial charge on any atom is -0.497 e. The molecule has 0 aliphatic carbocycles. The van der Waals surface area contributed by atoms with Crippen LogP contribution >= 0.6 is 0 Å². The molecule has 3 rings (SSSR count). The molecule has 1 amide bonds. The van der Waals surface area contributed by atoms with Crippen LogP contribution in [-0.2, 0) is 14.8 Å². The van der Waals surface area contributed by atoms with E-state index in [-0.39, 0.29) is 17.3 Å². The van der Waals surface area contributed by atoms with E-state index in [2.05, 4.69) is 6.92 Å². The van der Waals surface area contributed by atoms with Crippen LogP contribution in [0.25, 0.3) is 0 Å². The third-order valence-electron chi connectivity index (χ3n) is 4.98. The standard InChI is InChI=1S/C21H26N2O4S/c1-17-7-6-14-22(15-17)21(24)16-23(18-10-12-19(27-2)13-11-18)28(25,26)20-8-4-3-5-9-20/h3-5,8-13,17H,6-7,14-16H2,1-2H3/t17-/m0/s1. The molecule has 1 fully saturated rings. The number of nitrogens with zero attached hydrogens (tertiary/aromatic N) is 2. The zero-order valence-electron chi connectivity index (χ0n) is 16.2. The molecule has 2 aromatic rings. The Labute approximate surface area is 166 Å². The molecule has 1 heterocycles. The Morgan fingerprint density at radius 1 is 1.14 bits per heavy atom. The van der Waals surface area contributed by atoms with Gasteiger partial charge >= 0.3 is 0 Å². The van der Waals surface area contributed by atoms with E-state index in [1.54, 1.807) is 66.6 Å². The van der Waals surface area contributed by atoms with E-state index in [4.69, 9.17) is 4.74 Å². The Kier molecular flexibility index (Phi) is 6.24. The number of rotatable bonds is 6. The lowest BCUT2D eigenvalue weighted by Gasteiger charge is -2.33. The molecule has 6 nitrogen and oxygen atoms in total. The highest BCUT2D eigenvalue weighted by atomic mass is 32.2. The highest BCUT2D eigenvalue weighted by Gasteiger charge is 2.30. The van der Waals surface area contributed by atoms with E-state index in [1.165, 1.54) is 4.31 Å². The highest BCUT2D eigenvalue weighted by Crippen LogP contribution is 2.26. The van der Waals surface area contributed by atoms with Crippen molar-refractivity contribution in [2.24, 2.45) is 5.92 Å². The molecule has 150 valence electrons. The van der Waals surface area contributed by atoms with Gasteiger partial charge in [0.2, 0.25) is 5.91 Å². The molecule has 0 unspecified atom stereocenters. The summed E-state index contributed by atoms with van der Waals surface area (Å²) >= 11 is 0. The van der Waals surface area contributed by atoms with Gasteiger partial charge < -0.3 is 9.64 Å². The lowest BCUT2D eigenvalue weighted by Crippen LogP contribution is -2.46. The smallest absolute Gasteiger partial charge is 0.264 e. The molecule has 1 aliphatic heterocycles. The second-order valence-electron chi connectivity index (χ2n) is 7.11. The normalized spacial score (nSPS) is 17.2. The molecule has 0 spiro atoms. The summed E-state index contributed by atoms with van der Waals surface area (Å²) in [5.74, 6) is 0.872. The van der Waals surface area contributed by atoms with Crippen LogP contribution in [0.5, 0.6) is 5.75 Å². The molecular formula is C21H26N2O4S. The fourth-order valence-corrected chi connectivity index (χ4v) is 4.86. The van der Waals surface area contributed by atoms with Crippen LogP contribution in [0.3, 0.4) is 0 Å². The Balaban J connectivity index is 1.93. The van der Waals surface area contributed by atoms with E-state index in [0.29, 0.717) is 30.4 Å². The first-order valence-corrected chi connectivity index (χ1v) is 10.9. The number of sulfonamides is 1. The number of anilines is 1. The summed E-state index contributed by atoms with van der Waals surface area (Å²) in [4.78, 5) is 14.9. The van der Waals surface area contributed by atoms with Gasteiger partial charge in [0, 0.05) is 13.1 Å². The van der Waals surface area contributed by atoms with Gasteiger partial charge in [-0.05, 0) is 55.2 Å². The van der Waals surface area contributed by atoms with Crippen LogP contribution in [0.4, 0.5) is 5.69 Å². The first-order valence-electron chi connectivity index (χ1n) is 9.41. The average Bonchev–Trinajstić information content (AvgIpc) is 2.72. The van der Waals surface area contributed by atoms with Gasteiger partial charge in [-0.1, -0.05) is 25.1 Å². The van der Waals surface area contributed by atoms with Crippen LogP contribution in [0.2, 0.25) is 0 Å². The predicted molar refractivity (Wildman–Crippen MR) is 109 cm³/mol. The van der Waals surface area contributed by atoms with E-state index < -0.39 is 10.0 Å². The molecule has 1 aliphatic rings. The first kappa shape index (κ1) is 20.2. The summed E-state index contributed by atoms with van der Waals surface area (Å²) in [6.07, 6.45) is 2.04. The van der Waals surface area contributed by atoms with Crippen LogP contribution in [0.15, 0.2) is 59.5 Å². The van der Waals surface area contributed by atoms with Crippen LogP contribution in [0.1, 0.15) is 19.8 Å². The van der Waals surface area contributed by atoms with Gasteiger partial charge in [-0.15, -0.1) is 0 Å². The van der Waals surface area contributed by atoms with Crippen LogP contribution in [-0.4, -0.2) is 46.0 Å². The average molecular weight is 403 g/mol. The lowest BCUT2D eigenvalue weighted by molar-refractivity contribution is -0.131. The summed E-state index contributed by atoms with van der Waals surface area (Å²) in [5, 5.41) is 0. The van der Waals surface area contributed by atoms with Gasteiger partial charge in [0.05, 0.1) is 17.7 Å². The van der Waals surface area contributed by atoms with Crippen molar-refractivity contribution in [2.45, 2.75) is 24.7 Å². The third-order valence-corrected chi connectivity index (χ3v) is 6.77. The quantitative estimate of drug-likeness (QED) is 0.744. The number of hydrogen-bond donors (Lipinski definition) is 0. The second-order valence-corrected chi connectivity index (χ2v) is 8.97. The summed E-state index contributed by atoms with van der Waals surface area (Å²) < 4.78 is 32.9. The van der Waals surface area contributed by atoms with Crippen molar-refractivity contribution in [2.75, 3.05) is 31.0 Å². The maximum Gasteiger partial charge on any atom is 0.264 e. The number of carbonyl (C=O) groups is 1. The molecule has 0 saturated carbocycles. The van der Waals surface area contributed by atoms with Crippen molar-refractivity contribution >= 4 is 21.6 Å². The Bertz CT molecular complexity index is 898. The zero-order valence-corrected chi connectivity index (χ0v) is 17.1. The maximum atomic E-state index is 13.3. The molecule has 0 radical (unpaired) electrons. The van der Waals surface area contributed by atoms with Crippen LogP contribution < -0.4 is 9.04 Å². The van der Waals surface area contributed by atoms with E-state index in [1.807, 2.05) is 0 Å². The van der Waals surface area contributed by atoms with Gasteiger partial charge in [0.15, 0.2) is 0 Å². The summed E-state index contributed by atoms with van der Waals surface area (Å²) in [5.41, 5.74) is 0.433. The fraction of sp³-hybridized carbons (Fsp3) is 0.381. The molecular weight excluding hydrogens is 376 g/mol. The number of carbonyl (C=O) groups excluding carboxylic acids is 1. The molecule has 7 heteroatoms. The van der Waals surface area contributed by atoms with Crippen molar-refractivity contribution in [1.82, 2.24) is 4.90 Å². The van der Waals surface area contributed by atoms with Crippen molar-refractivity contribution in [3.05, 3.63) is 54.6 Å². The first-order chi connectivity index (χ1) is 13.4. The van der Waals surface area contributed by atoms with Gasteiger partial charge in [0.25, 0.3) is 10.0 Å². The second kappa shape index (κ2) is 8.65. The topological polar surface area (TPSA) is 66.9 Å². The summed E-state index contributed by atoms with van der Waals surface area (Å²) in [7, 11) is -2.33. The van der Waals surface area contributed by atoms with Crippen molar-refractivity contribution < 1.29 is 17.9 Å². The molecule has 1 saturated heterocycles. The largest absolute Gasteiger partial charge is 0.497 e. The number of amides is 1. The van der Waals surface area contributed by atoms with Crippen molar-refractivity contribution in [3.63, 3.8) is 0 Å². The Morgan fingerprint density at radius 2 is 1.82 bits per heavy atom. The molecule has 0 aromatic heterocycles. The minimum absolute atomic E-state index is 0.158. The van der Waals surface area contributed by atoms with Gasteiger partial charge in [-0.3, -0.25) is 9.10 Å². The third kappa shape index (κ3) is 4.47. The van der Waals surface area contributed by atoms with E-state index in [0.717, 1.165) is 12.8 Å². The number of piperidine rings is 1. The van der Waals surface area contributed by atoms with Gasteiger partial charge in [-0.2, -0.15) is 0 Å².